The molecule has 3 nitrogen and oxygen atoms in total. The van der Waals surface area contributed by atoms with Crippen LogP contribution in [0.25, 0.3) is 0 Å². The predicted octanol–water partition coefficient (Wildman–Crippen LogP) is 3.64. The second kappa shape index (κ2) is 8.54. The zero-order valence-electron chi connectivity index (χ0n) is 13.9. The molecule has 1 amide bonds. The van der Waals surface area contributed by atoms with Crippen molar-refractivity contribution in [2.24, 2.45) is 23.5 Å². The summed E-state index contributed by atoms with van der Waals surface area (Å²) in [5.41, 5.74) is 7.05. The number of rotatable bonds is 5. The Bertz CT molecular complexity index is 463. The van der Waals surface area contributed by atoms with E-state index in [0.29, 0.717) is 18.4 Å². The zero-order valence-corrected chi connectivity index (χ0v) is 14.7. The third kappa shape index (κ3) is 4.02. The predicted molar refractivity (Wildman–Crippen MR) is 93.9 cm³/mol. The lowest BCUT2D eigenvalue weighted by Crippen LogP contribution is -2.40. The molecule has 1 unspecified atom stereocenters. The van der Waals surface area contributed by atoms with Gasteiger partial charge in [0.25, 0.3) is 0 Å². The molecule has 2 N–H and O–H groups in total. The molecule has 1 fully saturated rings. The Kier molecular flexibility index (Phi) is 7.37. The minimum absolute atomic E-state index is 0. The molecule has 0 spiro atoms. The highest BCUT2D eigenvalue weighted by atomic mass is 35.5. The Balaban J connectivity index is 0.00000242. The molecular formula is C18H29ClN2O. The molecule has 4 heteroatoms. The van der Waals surface area contributed by atoms with E-state index in [1.54, 1.807) is 0 Å². The molecule has 3 atom stereocenters. The average Bonchev–Trinajstić information content (AvgIpc) is 2.95. The summed E-state index contributed by atoms with van der Waals surface area (Å²) in [4.78, 5) is 14.9. The van der Waals surface area contributed by atoms with Gasteiger partial charge in [-0.1, -0.05) is 50.6 Å². The van der Waals surface area contributed by atoms with E-state index in [2.05, 4.69) is 26.0 Å². The van der Waals surface area contributed by atoms with E-state index in [1.165, 1.54) is 5.56 Å². The first-order valence-electron chi connectivity index (χ1n) is 8.08. The first-order chi connectivity index (χ1) is 10.1. The summed E-state index contributed by atoms with van der Waals surface area (Å²) < 4.78 is 0. The molecule has 0 saturated heterocycles. The number of carbonyl (C=O) groups is 1. The number of hydrogen-bond acceptors (Lipinski definition) is 2. The molecule has 0 heterocycles. The van der Waals surface area contributed by atoms with Crippen molar-refractivity contribution >= 4 is 18.3 Å². The standard InChI is InChI=1S/C18H28N2O.ClH/c1-13(2)17(14-8-5-4-6-9-14)20(3)18(21)16-11-7-10-15(16)12-19;/h4-6,8-9,13,15-17H,7,10-12,19H2,1-3H3;1H/t15-,16-,17?;/m1./s1. The van der Waals surface area contributed by atoms with Crippen molar-refractivity contribution in [3.05, 3.63) is 35.9 Å². The normalized spacial score (nSPS) is 22.2. The molecule has 124 valence electrons. The Hall–Kier alpha value is -1.06. The maximum Gasteiger partial charge on any atom is 0.226 e. The van der Waals surface area contributed by atoms with Crippen molar-refractivity contribution in [3.63, 3.8) is 0 Å². The Labute approximate surface area is 140 Å². The lowest BCUT2D eigenvalue weighted by molar-refractivity contribution is -0.138. The summed E-state index contributed by atoms with van der Waals surface area (Å²) in [6.07, 6.45) is 3.22. The monoisotopic (exact) mass is 324 g/mol. The first-order valence-corrected chi connectivity index (χ1v) is 8.08. The van der Waals surface area contributed by atoms with Crippen LogP contribution in [0, 0.1) is 17.8 Å². The number of benzene rings is 1. The molecule has 22 heavy (non-hydrogen) atoms. The number of halogens is 1. The van der Waals surface area contributed by atoms with Gasteiger partial charge in [-0.3, -0.25) is 4.79 Å². The van der Waals surface area contributed by atoms with Gasteiger partial charge >= 0.3 is 0 Å². The van der Waals surface area contributed by atoms with E-state index in [4.69, 9.17) is 5.73 Å². The van der Waals surface area contributed by atoms with E-state index < -0.39 is 0 Å². The lowest BCUT2D eigenvalue weighted by Gasteiger charge is -2.34. The highest BCUT2D eigenvalue weighted by Gasteiger charge is 2.36. The van der Waals surface area contributed by atoms with Gasteiger partial charge in [-0.2, -0.15) is 0 Å². The van der Waals surface area contributed by atoms with Crippen molar-refractivity contribution < 1.29 is 4.79 Å². The number of nitrogens with two attached hydrogens (primary N) is 1. The zero-order chi connectivity index (χ0) is 15.4. The van der Waals surface area contributed by atoms with Crippen LogP contribution < -0.4 is 5.73 Å². The van der Waals surface area contributed by atoms with Crippen molar-refractivity contribution in [3.8, 4) is 0 Å². The molecule has 0 bridgehead atoms. The third-order valence-electron chi connectivity index (χ3n) is 4.82. The number of nitrogens with zero attached hydrogens (tertiary/aromatic N) is 1. The van der Waals surface area contributed by atoms with E-state index >= 15 is 0 Å². The number of amides is 1. The van der Waals surface area contributed by atoms with Gasteiger partial charge in [0.1, 0.15) is 0 Å². The van der Waals surface area contributed by atoms with Gasteiger partial charge in [0.15, 0.2) is 0 Å². The van der Waals surface area contributed by atoms with Gasteiger partial charge in [0, 0.05) is 13.0 Å². The van der Waals surface area contributed by atoms with E-state index in [-0.39, 0.29) is 30.3 Å². The second-order valence-corrected chi connectivity index (χ2v) is 6.58. The minimum atomic E-state index is 0. The van der Waals surface area contributed by atoms with Crippen LogP contribution in [0.4, 0.5) is 0 Å². The van der Waals surface area contributed by atoms with E-state index in [0.717, 1.165) is 19.3 Å². The summed E-state index contributed by atoms with van der Waals surface area (Å²) in [5.74, 6) is 1.14. The van der Waals surface area contributed by atoms with E-state index in [1.807, 2.05) is 30.1 Å². The highest BCUT2D eigenvalue weighted by molar-refractivity contribution is 5.85. The molecule has 1 saturated carbocycles. The molecule has 1 aliphatic carbocycles. The van der Waals surface area contributed by atoms with Gasteiger partial charge in [-0.15, -0.1) is 12.4 Å². The highest BCUT2D eigenvalue weighted by Crippen LogP contribution is 2.35. The topological polar surface area (TPSA) is 46.3 Å². The summed E-state index contributed by atoms with van der Waals surface area (Å²) >= 11 is 0. The lowest BCUT2D eigenvalue weighted by atomic mass is 9.90. The fourth-order valence-electron chi connectivity index (χ4n) is 3.75. The van der Waals surface area contributed by atoms with Crippen LogP contribution >= 0.6 is 12.4 Å². The van der Waals surface area contributed by atoms with Gasteiger partial charge < -0.3 is 10.6 Å². The Morgan fingerprint density at radius 2 is 1.91 bits per heavy atom. The quantitative estimate of drug-likeness (QED) is 0.898. The largest absolute Gasteiger partial charge is 0.338 e. The fourth-order valence-corrected chi connectivity index (χ4v) is 3.75. The number of carbonyl (C=O) groups excluding carboxylic acids is 1. The fraction of sp³-hybridized carbons (Fsp3) is 0.611. The summed E-state index contributed by atoms with van der Waals surface area (Å²) in [7, 11) is 1.95. The first kappa shape index (κ1) is 19.0. The average molecular weight is 325 g/mol. The Morgan fingerprint density at radius 1 is 1.27 bits per heavy atom. The summed E-state index contributed by atoms with van der Waals surface area (Å²) in [6, 6.07) is 10.5. The second-order valence-electron chi connectivity index (χ2n) is 6.58. The van der Waals surface area contributed by atoms with Crippen molar-refractivity contribution in [2.45, 2.75) is 39.2 Å². The third-order valence-corrected chi connectivity index (χ3v) is 4.82. The van der Waals surface area contributed by atoms with Gasteiger partial charge in [-0.05, 0) is 36.8 Å². The van der Waals surface area contributed by atoms with Crippen LogP contribution in [-0.2, 0) is 4.79 Å². The molecule has 2 rings (SSSR count). The molecule has 0 aromatic heterocycles. The summed E-state index contributed by atoms with van der Waals surface area (Å²) in [6.45, 7) is 4.98. The smallest absolute Gasteiger partial charge is 0.226 e. The molecule has 1 aliphatic rings. The van der Waals surface area contributed by atoms with Gasteiger partial charge in [0.05, 0.1) is 6.04 Å². The van der Waals surface area contributed by atoms with Crippen LogP contribution in [0.2, 0.25) is 0 Å². The molecule has 0 aliphatic heterocycles. The van der Waals surface area contributed by atoms with Crippen LogP contribution in [-0.4, -0.2) is 24.4 Å². The van der Waals surface area contributed by atoms with Crippen molar-refractivity contribution in [2.75, 3.05) is 13.6 Å². The molecule has 1 aromatic rings. The molecular weight excluding hydrogens is 296 g/mol. The van der Waals surface area contributed by atoms with Gasteiger partial charge in [-0.25, -0.2) is 0 Å². The van der Waals surface area contributed by atoms with Crippen LogP contribution in [0.15, 0.2) is 30.3 Å². The molecule has 0 radical (unpaired) electrons. The van der Waals surface area contributed by atoms with Crippen LogP contribution in [0.5, 0.6) is 0 Å². The molecule has 1 aromatic carbocycles. The van der Waals surface area contributed by atoms with Crippen molar-refractivity contribution in [1.29, 1.82) is 0 Å². The maximum absolute atomic E-state index is 12.9. The Morgan fingerprint density at radius 3 is 2.45 bits per heavy atom. The van der Waals surface area contributed by atoms with Crippen molar-refractivity contribution in [1.82, 2.24) is 4.90 Å². The minimum Gasteiger partial charge on any atom is -0.338 e. The van der Waals surface area contributed by atoms with Crippen LogP contribution in [0.3, 0.4) is 0 Å². The van der Waals surface area contributed by atoms with E-state index in [9.17, 15) is 4.79 Å². The number of hydrogen-bond donors (Lipinski definition) is 1. The summed E-state index contributed by atoms with van der Waals surface area (Å²) in [5, 5.41) is 0. The van der Waals surface area contributed by atoms with Crippen LogP contribution in [0.1, 0.15) is 44.7 Å². The SMILES string of the molecule is CC(C)C(c1ccccc1)N(C)C(=O)[C@@H]1CCC[C@@H]1CN.Cl. The maximum atomic E-state index is 12.9. The van der Waals surface area contributed by atoms with Gasteiger partial charge in [0.2, 0.25) is 5.91 Å².